The molecular formula is C13H16BrCl2NO2S2. The number of halogens is 3. The molecule has 0 spiro atoms. The van der Waals surface area contributed by atoms with E-state index in [4.69, 9.17) is 23.2 Å². The van der Waals surface area contributed by atoms with Crippen LogP contribution in [0.2, 0.25) is 10.0 Å². The third kappa shape index (κ3) is 4.52. The number of rotatable bonds is 5. The van der Waals surface area contributed by atoms with Gasteiger partial charge in [0.1, 0.15) is 4.90 Å². The highest BCUT2D eigenvalue weighted by atomic mass is 79.9. The van der Waals surface area contributed by atoms with Crippen LogP contribution >= 0.6 is 50.9 Å². The van der Waals surface area contributed by atoms with Crippen LogP contribution in [0.25, 0.3) is 0 Å². The van der Waals surface area contributed by atoms with E-state index in [-0.39, 0.29) is 21.0 Å². The van der Waals surface area contributed by atoms with Crippen molar-refractivity contribution in [3.63, 3.8) is 0 Å². The molecule has 1 N–H and O–H groups in total. The molecule has 2 rings (SSSR count). The average molecular weight is 433 g/mol. The molecule has 1 fully saturated rings. The van der Waals surface area contributed by atoms with E-state index in [0.29, 0.717) is 9.72 Å². The minimum absolute atomic E-state index is 0.0411. The largest absolute Gasteiger partial charge is 0.243 e. The molecule has 1 saturated carbocycles. The van der Waals surface area contributed by atoms with Crippen LogP contribution in [0, 0.1) is 0 Å². The van der Waals surface area contributed by atoms with E-state index >= 15 is 0 Å². The first-order valence-corrected chi connectivity index (χ1v) is 10.7. The van der Waals surface area contributed by atoms with Crippen molar-refractivity contribution in [1.29, 1.82) is 0 Å². The highest BCUT2D eigenvalue weighted by Gasteiger charge is 2.30. The second kappa shape index (κ2) is 7.41. The fraction of sp³-hybridized carbons (Fsp3) is 0.538. The Kier molecular flexibility index (Phi) is 6.31. The topological polar surface area (TPSA) is 46.2 Å². The Labute approximate surface area is 148 Å². The van der Waals surface area contributed by atoms with E-state index in [1.807, 2.05) is 11.8 Å². The monoisotopic (exact) mass is 431 g/mol. The molecule has 3 nitrogen and oxygen atoms in total. The summed E-state index contributed by atoms with van der Waals surface area (Å²) in [6.45, 7) is 2.11. The third-order valence-electron chi connectivity index (χ3n) is 3.34. The van der Waals surface area contributed by atoms with E-state index in [0.717, 1.165) is 25.0 Å². The zero-order valence-corrected chi connectivity index (χ0v) is 16.1. The lowest BCUT2D eigenvalue weighted by atomic mass is 10.3. The third-order valence-corrected chi connectivity index (χ3v) is 7.47. The number of hydrogen-bond acceptors (Lipinski definition) is 3. The van der Waals surface area contributed by atoms with Gasteiger partial charge < -0.3 is 0 Å². The Morgan fingerprint density at radius 2 is 1.95 bits per heavy atom. The standard InChI is InChI=1S/C13H16BrCl2NO2S2/c1-2-20-10-4-3-9(7-10)17-21(18,19)13-11(15)5-8(14)6-12(13)16/h5-6,9-10,17H,2-4,7H2,1H3. The van der Waals surface area contributed by atoms with Crippen LogP contribution in [0.3, 0.4) is 0 Å². The van der Waals surface area contributed by atoms with Gasteiger partial charge in [-0.05, 0) is 37.1 Å². The maximum atomic E-state index is 12.5. The highest BCUT2D eigenvalue weighted by molar-refractivity contribution is 9.10. The van der Waals surface area contributed by atoms with Gasteiger partial charge in [-0.15, -0.1) is 0 Å². The van der Waals surface area contributed by atoms with Crippen molar-refractivity contribution in [3.05, 3.63) is 26.7 Å². The molecule has 0 bridgehead atoms. The average Bonchev–Trinajstić information content (AvgIpc) is 2.74. The van der Waals surface area contributed by atoms with Gasteiger partial charge >= 0.3 is 0 Å². The Morgan fingerprint density at radius 3 is 2.52 bits per heavy atom. The van der Waals surface area contributed by atoms with Gasteiger partial charge in [0.25, 0.3) is 0 Å². The summed E-state index contributed by atoms with van der Waals surface area (Å²) < 4.78 is 28.4. The number of benzene rings is 1. The second-order valence-corrected chi connectivity index (χ2v) is 9.87. The van der Waals surface area contributed by atoms with Gasteiger partial charge in [0.15, 0.2) is 0 Å². The second-order valence-electron chi connectivity index (χ2n) is 4.91. The van der Waals surface area contributed by atoms with E-state index in [1.54, 1.807) is 0 Å². The highest BCUT2D eigenvalue weighted by Crippen LogP contribution is 2.35. The molecule has 0 radical (unpaired) electrons. The Hall–Kier alpha value is 0.540. The molecule has 1 aliphatic rings. The van der Waals surface area contributed by atoms with E-state index in [1.165, 1.54) is 12.1 Å². The molecule has 21 heavy (non-hydrogen) atoms. The van der Waals surface area contributed by atoms with Crippen molar-refractivity contribution < 1.29 is 8.42 Å². The van der Waals surface area contributed by atoms with Crippen LogP contribution in [0.15, 0.2) is 21.5 Å². The Morgan fingerprint density at radius 1 is 1.33 bits per heavy atom. The number of thioether (sulfide) groups is 1. The summed E-state index contributed by atoms with van der Waals surface area (Å²) in [7, 11) is -3.70. The van der Waals surface area contributed by atoms with Crippen LogP contribution in [0.5, 0.6) is 0 Å². The normalized spacial score (nSPS) is 22.7. The minimum Gasteiger partial charge on any atom is -0.208 e. The Bertz CT molecular complexity index is 602. The maximum absolute atomic E-state index is 12.5. The maximum Gasteiger partial charge on any atom is 0.243 e. The van der Waals surface area contributed by atoms with Crippen molar-refractivity contribution in [2.24, 2.45) is 0 Å². The van der Waals surface area contributed by atoms with E-state index in [9.17, 15) is 8.42 Å². The first kappa shape index (κ1) is 17.9. The first-order chi connectivity index (χ1) is 9.83. The van der Waals surface area contributed by atoms with Crippen LogP contribution in [0.4, 0.5) is 0 Å². The zero-order valence-electron chi connectivity index (χ0n) is 11.4. The van der Waals surface area contributed by atoms with Gasteiger partial charge in [-0.3, -0.25) is 0 Å². The van der Waals surface area contributed by atoms with Crippen molar-refractivity contribution in [3.8, 4) is 0 Å². The van der Waals surface area contributed by atoms with Gasteiger partial charge in [-0.2, -0.15) is 11.8 Å². The zero-order chi connectivity index (χ0) is 15.6. The quantitative estimate of drug-likeness (QED) is 0.732. The van der Waals surface area contributed by atoms with Crippen LogP contribution in [-0.2, 0) is 10.0 Å². The smallest absolute Gasteiger partial charge is 0.208 e. The van der Waals surface area contributed by atoms with Crippen molar-refractivity contribution in [2.75, 3.05) is 5.75 Å². The van der Waals surface area contributed by atoms with Crippen LogP contribution in [-0.4, -0.2) is 25.5 Å². The molecule has 0 saturated heterocycles. The first-order valence-electron chi connectivity index (χ1n) is 6.62. The molecule has 0 aliphatic heterocycles. The lowest BCUT2D eigenvalue weighted by Crippen LogP contribution is -2.33. The van der Waals surface area contributed by atoms with Gasteiger partial charge in [0, 0.05) is 15.8 Å². The summed E-state index contributed by atoms with van der Waals surface area (Å²) in [5.74, 6) is 1.05. The fourth-order valence-corrected chi connectivity index (χ4v) is 6.86. The van der Waals surface area contributed by atoms with Crippen molar-refractivity contribution >= 4 is 60.9 Å². The molecule has 2 atom stereocenters. The van der Waals surface area contributed by atoms with Crippen molar-refractivity contribution in [1.82, 2.24) is 4.72 Å². The summed E-state index contributed by atoms with van der Waals surface area (Å²) >= 11 is 17.2. The fourth-order valence-electron chi connectivity index (χ4n) is 2.50. The molecule has 1 aromatic carbocycles. The molecular weight excluding hydrogens is 417 g/mol. The number of sulfonamides is 1. The lowest BCUT2D eigenvalue weighted by molar-refractivity contribution is 0.552. The van der Waals surface area contributed by atoms with Crippen LogP contribution in [0.1, 0.15) is 26.2 Å². The Balaban J connectivity index is 2.17. The van der Waals surface area contributed by atoms with E-state index in [2.05, 4.69) is 27.6 Å². The van der Waals surface area contributed by atoms with Gasteiger partial charge in [-0.1, -0.05) is 46.1 Å². The van der Waals surface area contributed by atoms with Crippen LogP contribution < -0.4 is 4.72 Å². The summed E-state index contributed by atoms with van der Waals surface area (Å²) in [5, 5.41) is 0.775. The molecule has 2 unspecified atom stereocenters. The predicted octanol–water partition coefficient (Wildman–Crippen LogP) is 4.71. The number of nitrogens with one attached hydrogen (secondary N) is 1. The minimum atomic E-state index is -3.70. The summed E-state index contributed by atoms with van der Waals surface area (Å²) in [4.78, 5) is -0.0411. The summed E-state index contributed by atoms with van der Waals surface area (Å²) in [6, 6.07) is 3.02. The molecule has 1 aromatic rings. The molecule has 0 heterocycles. The predicted molar refractivity (Wildman–Crippen MR) is 94.0 cm³/mol. The molecule has 0 aromatic heterocycles. The summed E-state index contributed by atoms with van der Waals surface area (Å²) in [6.07, 6.45) is 2.74. The molecule has 118 valence electrons. The SMILES string of the molecule is CCSC1CCC(NS(=O)(=O)c2c(Cl)cc(Br)cc2Cl)C1. The summed E-state index contributed by atoms with van der Waals surface area (Å²) in [5.41, 5.74) is 0. The molecule has 0 amide bonds. The number of hydrogen-bond donors (Lipinski definition) is 1. The lowest BCUT2D eigenvalue weighted by Gasteiger charge is -2.15. The molecule has 1 aliphatic carbocycles. The molecule has 8 heteroatoms. The van der Waals surface area contributed by atoms with Gasteiger partial charge in [-0.25, -0.2) is 13.1 Å². The van der Waals surface area contributed by atoms with E-state index < -0.39 is 10.0 Å². The van der Waals surface area contributed by atoms with Crippen molar-refractivity contribution in [2.45, 2.75) is 42.4 Å². The van der Waals surface area contributed by atoms with Gasteiger partial charge in [0.2, 0.25) is 10.0 Å². The van der Waals surface area contributed by atoms with Gasteiger partial charge in [0.05, 0.1) is 10.0 Å².